The second-order valence-corrected chi connectivity index (χ2v) is 6.61. The number of piperazine rings is 1. The minimum absolute atomic E-state index is 0.00730. The lowest BCUT2D eigenvalue weighted by molar-refractivity contribution is -0.134. The van der Waals surface area contributed by atoms with Gasteiger partial charge >= 0.3 is 0 Å². The highest BCUT2D eigenvalue weighted by atomic mass is 16.5. The molecule has 2 heterocycles. The molecule has 8 heteroatoms. The van der Waals surface area contributed by atoms with Crippen molar-refractivity contribution in [3.63, 3.8) is 0 Å². The molecule has 1 aliphatic rings. The molecule has 1 aliphatic heterocycles. The fraction of sp³-hybridized carbons (Fsp3) is 0.300. The first-order chi connectivity index (χ1) is 13.8. The van der Waals surface area contributed by atoms with Crippen LogP contribution >= 0.6 is 0 Å². The number of carbonyl (C=O) groups is 1. The van der Waals surface area contributed by atoms with Crippen LogP contribution in [0.2, 0.25) is 0 Å². The first-order valence-corrected chi connectivity index (χ1v) is 9.21. The SMILES string of the molecule is COc1ccc(N2CCN(C(=O)C(c3ccccc3)n3cnnn3)CC2)cc1. The van der Waals surface area contributed by atoms with Gasteiger partial charge in [0.15, 0.2) is 6.04 Å². The lowest BCUT2D eigenvalue weighted by Crippen LogP contribution is -2.50. The summed E-state index contributed by atoms with van der Waals surface area (Å²) >= 11 is 0. The van der Waals surface area contributed by atoms with E-state index in [-0.39, 0.29) is 5.91 Å². The number of carbonyl (C=O) groups excluding carboxylic acids is 1. The Hall–Kier alpha value is -3.42. The zero-order valence-corrected chi connectivity index (χ0v) is 15.7. The van der Waals surface area contributed by atoms with E-state index >= 15 is 0 Å². The van der Waals surface area contributed by atoms with Crippen molar-refractivity contribution in [3.8, 4) is 5.75 Å². The largest absolute Gasteiger partial charge is 0.497 e. The molecule has 1 unspecified atom stereocenters. The van der Waals surface area contributed by atoms with Crippen molar-refractivity contribution in [1.29, 1.82) is 0 Å². The van der Waals surface area contributed by atoms with E-state index < -0.39 is 6.04 Å². The van der Waals surface area contributed by atoms with Crippen LogP contribution < -0.4 is 9.64 Å². The molecule has 3 aromatic rings. The van der Waals surface area contributed by atoms with Crippen molar-refractivity contribution < 1.29 is 9.53 Å². The Morgan fingerprint density at radius 2 is 1.71 bits per heavy atom. The van der Waals surface area contributed by atoms with Gasteiger partial charge in [-0.15, -0.1) is 5.10 Å². The van der Waals surface area contributed by atoms with E-state index in [1.54, 1.807) is 7.11 Å². The van der Waals surface area contributed by atoms with Crippen LogP contribution in [0.1, 0.15) is 11.6 Å². The number of rotatable bonds is 5. The molecular weight excluding hydrogens is 356 g/mol. The Morgan fingerprint density at radius 3 is 2.32 bits per heavy atom. The minimum atomic E-state index is -0.552. The standard InChI is InChI=1S/C20H22N6O2/c1-28-18-9-7-17(8-10-18)24-11-13-25(14-12-24)20(27)19(26-15-21-22-23-26)16-5-3-2-4-6-16/h2-10,15,19H,11-14H2,1H3. The molecule has 1 aromatic heterocycles. The predicted octanol–water partition coefficient (Wildman–Crippen LogP) is 1.62. The number of anilines is 1. The molecular formula is C20H22N6O2. The second-order valence-electron chi connectivity index (χ2n) is 6.61. The average Bonchev–Trinajstić information content (AvgIpc) is 3.29. The van der Waals surface area contributed by atoms with Gasteiger partial charge in [0.1, 0.15) is 12.1 Å². The zero-order valence-electron chi connectivity index (χ0n) is 15.7. The summed E-state index contributed by atoms with van der Waals surface area (Å²) in [4.78, 5) is 17.5. The number of aromatic nitrogens is 4. The first-order valence-electron chi connectivity index (χ1n) is 9.21. The molecule has 1 atom stereocenters. The third kappa shape index (κ3) is 3.66. The lowest BCUT2D eigenvalue weighted by atomic mass is 10.1. The Balaban J connectivity index is 1.47. The van der Waals surface area contributed by atoms with Crippen molar-refractivity contribution in [3.05, 3.63) is 66.5 Å². The summed E-state index contributed by atoms with van der Waals surface area (Å²) in [5.41, 5.74) is 2.00. The van der Waals surface area contributed by atoms with Crippen molar-refractivity contribution in [2.45, 2.75) is 6.04 Å². The number of hydrogen-bond acceptors (Lipinski definition) is 6. The van der Waals surface area contributed by atoms with Crippen LogP contribution in [0.15, 0.2) is 60.9 Å². The monoisotopic (exact) mass is 378 g/mol. The molecule has 1 fully saturated rings. The number of methoxy groups -OCH3 is 1. The first kappa shape index (κ1) is 18.0. The smallest absolute Gasteiger partial charge is 0.252 e. The third-order valence-corrected chi connectivity index (χ3v) is 5.01. The van der Waals surface area contributed by atoms with Gasteiger partial charge < -0.3 is 14.5 Å². The van der Waals surface area contributed by atoms with Crippen molar-refractivity contribution in [2.75, 3.05) is 38.2 Å². The van der Waals surface area contributed by atoms with Crippen LogP contribution in [0.4, 0.5) is 5.69 Å². The van der Waals surface area contributed by atoms with Gasteiger partial charge in [-0.3, -0.25) is 4.79 Å². The van der Waals surface area contributed by atoms with E-state index in [2.05, 4.69) is 20.4 Å². The molecule has 2 aromatic carbocycles. The Labute approximate surface area is 163 Å². The van der Waals surface area contributed by atoms with E-state index in [4.69, 9.17) is 4.74 Å². The molecule has 1 saturated heterocycles. The summed E-state index contributed by atoms with van der Waals surface area (Å²) in [6.45, 7) is 2.84. The summed E-state index contributed by atoms with van der Waals surface area (Å²) < 4.78 is 6.74. The third-order valence-electron chi connectivity index (χ3n) is 5.01. The van der Waals surface area contributed by atoms with Gasteiger partial charge in [0, 0.05) is 31.9 Å². The fourth-order valence-corrected chi connectivity index (χ4v) is 3.48. The van der Waals surface area contributed by atoms with Gasteiger partial charge in [-0.2, -0.15) is 0 Å². The minimum Gasteiger partial charge on any atom is -0.497 e. The Kier molecular flexibility index (Phi) is 5.18. The molecule has 0 N–H and O–H groups in total. The molecule has 0 saturated carbocycles. The molecule has 0 bridgehead atoms. The second kappa shape index (κ2) is 8.08. The Bertz CT molecular complexity index is 890. The van der Waals surface area contributed by atoms with Crippen LogP contribution in [-0.4, -0.2) is 64.3 Å². The molecule has 144 valence electrons. The van der Waals surface area contributed by atoms with Crippen LogP contribution in [0.25, 0.3) is 0 Å². The van der Waals surface area contributed by atoms with Gasteiger partial charge in [-0.25, -0.2) is 4.68 Å². The molecule has 0 spiro atoms. The van der Waals surface area contributed by atoms with Gasteiger partial charge in [0.05, 0.1) is 7.11 Å². The van der Waals surface area contributed by atoms with E-state index in [9.17, 15) is 4.79 Å². The highest BCUT2D eigenvalue weighted by molar-refractivity contribution is 5.83. The lowest BCUT2D eigenvalue weighted by Gasteiger charge is -2.37. The fourth-order valence-electron chi connectivity index (χ4n) is 3.48. The molecule has 0 aliphatic carbocycles. The number of benzene rings is 2. The van der Waals surface area contributed by atoms with Gasteiger partial charge in [0.25, 0.3) is 5.91 Å². The van der Waals surface area contributed by atoms with Gasteiger partial charge in [-0.05, 0) is 40.3 Å². The highest BCUT2D eigenvalue weighted by Crippen LogP contribution is 2.23. The summed E-state index contributed by atoms with van der Waals surface area (Å²) in [6.07, 6.45) is 1.49. The summed E-state index contributed by atoms with van der Waals surface area (Å²) in [7, 11) is 1.66. The highest BCUT2D eigenvalue weighted by Gasteiger charge is 2.30. The number of tetrazole rings is 1. The van der Waals surface area contributed by atoms with Gasteiger partial charge in [0.2, 0.25) is 0 Å². The van der Waals surface area contributed by atoms with E-state index in [0.717, 1.165) is 30.1 Å². The van der Waals surface area contributed by atoms with E-state index in [1.165, 1.54) is 11.0 Å². The molecule has 0 radical (unpaired) electrons. The van der Waals surface area contributed by atoms with Crippen LogP contribution in [-0.2, 0) is 4.79 Å². The number of ether oxygens (including phenoxy) is 1. The predicted molar refractivity (Wildman–Crippen MR) is 104 cm³/mol. The number of nitrogens with zero attached hydrogens (tertiary/aromatic N) is 6. The molecule has 8 nitrogen and oxygen atoms in total. The van der Waals surface area contributed by atoms with Crippen LogP contribution in [0.3, 0.4) is 0 Å². The topological polar surface area (TPSA) is 76.4 Å². The van der Waals surface area contributed by atoms with Crippen molar-refractivity contribution in [1.82, 2.24) is 25.1 Å². The van der Waals surface area contributed by atoms with E-state index in [0.29, 0.717) is 13.1 Å². The van der Waals surface area contributed by atoms with Crippen molar-refractivity contribution in [2.24, 2.45) is 0 Å². The van der Waals surface area contributed by atoms with Crippen LogP contribution in [0.5, 0.6) is 5.75 Å². The summed E-state index contributed by atoms with van der Waals surface area (Å²) in [5.74, 6) is 0.845. The maximum Gasteiger partial charge on any atom is 0.252 e. The maximum atomic E-state index is 13.3. The molecule has 4 rings (SSSR count). The maximum absolute atomic E-state index is 13.3. The van der Waals surface area contributed by atoms with Gasteiger partial charge in [-0.1, -0.05) is 30.3 Å². The quantitative estimate of drug-likeness (QED) is 0.672. The normalized spacial score (nSPS) is 15.3. The number of hydrogen-bond donors (Lipinski definition) is 0. The summed E-state index contributed by atoms with van der Waals surface area (Å²) in [6, 6.07) is 17.1. The van der Waals surface area contributed by atoms with Crippen molar-refractivity contribution >= 4 is 11.6 Å². The van der Waals surface area contributed by atoms with Crippen LogP contribution in [0, 0.1) is 0 Å². The summed E-state index contributed by atoms with van der Waals surface area (Å²) in [5, 5.41) is 11.4. The average molecular weight is 378 g/mol. The van der Waals surface area contributed by atoms with E-state index in [1.807, 2.05) is 59.5 Å². The number of amides is 1. The Morgan fingerprint density at radius 1 is 1.00 bits per heavy atom. The molecule has 28 heavy (non-hydrogen) atoms. The zero-order chi connectivity index (χ0) is 19.3. The molecule has 1 amide bonds.